The van der Waals surface area contributed by atoms with Crippen molar-refractivity contribution >= 4 is 5.97 Å². The van der Waals surface area contributed by atoms with Crippen LogP contribution >= 0.6 is 0 Å². The Morgan fingerprint density at radius 2 is 2.11 bits per heavy atom. The van der Waals surface area contributed by atoms with Crippen LogP contribution in [0.3, 0.4) is 0 Å². The normalized spacial score (nSPS) is 14.3. The average molecular weight is 265 g/mol. The van der Waals surface area contributed by atoms with Gasteiger partial charge in [0.2, 0.25) is 0 Å². The molecule has 2 aromatic heterocycles. The second-order valence-electron chi connectivity index (χ2n) is 4.37. The first-order valence-electron chi connectivity index (χ1n) is 5.73. The largest absolute Gasteiger partial charge is 0.480 e. The van der Waals surface area contributed by atoms with Crippen LogP contribution in [0.4, 0.5) is 0 Å². The lowest BCUT2D eigenvalue weighted by atomic mass is 10.1. The Hall–Kier alpha value is -2.22. The molecule has 2 N–H and O–H groups in total. The summed E-state index contributed by atoms with van der Waals surface area (Å²) in [6, 6.07) is -1.13. The number of aliphatic carboxylic acids is 1. The van der Waals surface area contributed by atoms with Gasteiger partial charge in [-0.15, -0.1) is 10.2 Å². The van der Waals surface area contributed by atoms with E-state index >= 15 is 0 Å². The molecule has 0 radical (unpaired) electrons. The second-order valence-corrected chi connectivity index (χ2v) is 4.37. The van der Waals surface area contributed by atoms with Crippen LogP contribution < -0.4 is 0 Å². The molecule has 2 aromatic rings. The number of rotatable bonds is 4. The molecular weight excluding hydrogens is 250 g/mol. The maximum Gasteiger partial charge on any atom is 0.329 e. The standard InChI is InChI=1S/C11H15N5O3/c1-6(17)9(11(18)19)16-7(2)13-14-10(16)8-4-12-15(3)5-8/h4-6,9,17H,1-3H3,(H,18,19). The molecular formula is C11H15N5O3. The minimum atomic E-state index is -1.14. The fourth-order valence-electron chi connectivity index (χ4n) is 1.97. The van der Waals surface area contributed by atoms with Gasteiger partial charge in [-0.25, -0.2) is 4.79 Å². The predicted molar refractivity (Wildman–Crippen MR) is 65.3 cm³/mol. The molecule has 0 aliphatic heterocycles. The van der Waals surface area contributed by atoms with Crippen LogP contribution in [0.1, 0.15) is 18.8 Å². The lowest BCUT2D eigenvalue weighted by molar-refractivity contribution is -0.144. The summed E-state index contributed by atoms with van der Waals surface area (Å²) in [6.45, 7) is 3.07. The van der Waals surface area contributed by atoms with Gasteiger partial charge in [0.05, 0.1) is 17.9 Å². The van der Waals surface area contributed by atoms with Gasteiger partial charge in [-0.3, -0.25) is 9.25 Å². The van der Waals surface area contributed by atoms with Crippen molar-refractivity contribution in [1.82, 2.24) is 24.5 Å². The first-order valence-corrected chi connectivity index (χ1v) is 5.73. The molecule has 2 unspecified atom stereocenters. The van der Waals surface area contributed by atoms with Crippen LogP contribution in [-0.4, -0.2) is 46.8 Å². The van der Waals surface area contributed by atoms with Crippen molar-refractivity contribution in [1.29, 1.82) is 0 Å². The van der Waals surface area contributed by atoms with Gasteiger partial charge in [0, 0.05) is 13.2 Å². The highest BCUT2D eigenvalue weighted by Gasteiger charge is 2.30. The number of hydrogen-bond acceptors (Lipinski definition) is 5. The van der Waals surface area contributed by atoms with Crippen LogP contribution in [0, 0.1) is 6.92 Å². The SMILES string of the molecule is Cc1nnc(-c2cnn(C)c2)n1C(C(=O)O)C(C)O. The molecule has 102 valence electrons. The second kappa shape index (κ2) is 4.81. The summed E-state index contributed by atoms with van der Waals surface area (Å²) in [5.74, 6) is -0.339. The van der Waals surface area contributed by atoms with E-state index in [0.29, 0.717) is 17.2 Å². The van der Waals surface area contributed by atoms with Crippen LogP contribution in [0.2, 0.25) is 0 Å². The van der Waals surface area contributed by atoms with E-state index in [0.717, 1.165) is 0 Å². The third kappa shape index (κ3) is 2.34. The molecule has 0 saturated carbocycles. The Labute approximate surface area is 109 Å². The minimum Gasteiger partial charge on any atom is -0.480 e. The fraction of sp³-hybridized carbons (Fsp3) is 0.455. The molecule has 2 heterocycles. The van der Waals surface area contributed by atoms with E-state index in [1.165, 1.54) is 11.5 Å². The average Bonchev–Trinajstić information content (AvgIpc) is 2.86. The molecule has 8 nitrogen and oxygen atoms in total. The monoisotopic (exact) mass is 265 g/mol. The van der Waals surface area contributed by atoms with E-state index in [4.69, 9.17) is 0 Å². The van der Waals surface area contributed by atoms with Crippen molar-refractivity contribution < 1.29 is 15.0 Å². The highest BCUT2D eigenvalue weighted by molar-refractivity contribution is 5.74. The topological polar surface area (TPSA) is 106 Å². The van der Waals surface area contributed by atoms with Crippen LogP contribution in [0.25, 0.3) is 11.4 Å². The van der Waals surface area contributed by atoms with Crippen molar-refractivity contribution in [3.05, 3.63) is 18.2 Å². The van der Waals surface area contributed by atoms with Gasteiger partial charge in [-0.05, 0) is 13.8 Å². The Morgan fingerprint density at radius 1 is 1.42 bits per heavy atom. The summed E-state index contributed by atoms with van der Waals surface area (Å²) in [7, 11) is 1.75. The lowest BCUT2D eigenvalue weighted by Crippen LogP contribution is -2.30. The molecule has 0 aliphatic rings. The molecule has 19 heavy (non-hydrogen) atoms. The molecule has 0 amide bonds. The van der Waals surface area contributed by atoms with Gasteiger partial charge in [0.25, 0.3) is 0 Å². The number of hydrogen-bond donors (Lipinski definition) is 2. The number of carbonyl (C=O) groups is 1. The van der Waals surface area contributed by atoms with E-state index in [1.807, 2.05) is 0 Å². The zero-order valence-electron chi connectivity index (χ0n) is 10.8. The summed E-state index contributed by atoms with van der Waals surface area (Å²) in [5, 5.41) is 30.8. The number of carboxylic acids is 1. The number of aliphatic hydroxyl groups is 1. The van der Waals surface area contributed by atoms with E-state index < -0.39 is 18.1 Å². The number of nitrogens with zero attached hydrogens (tertiary/aromatic N) is 5. The minimum absolute atomic E-state index is 0.374. The molecule has 8 heteroatoms. The third-order valence-corrected chi connectivity index (χ3v) is 2.82. The van der Waals surface area contributed by atoms with Gasteiger partial charge in [0.15, 0.2) is 11.9 Å². The van der Waals surface area contributed by atoms with Crippen LogP contribution in [0.5, 0.6) is 0 Å². The first-order chi connectivity index (χ1) is 8.91. The van der Waals surface area contributed by atoms with Crippen molar-refractivity contribution in [2.24, 2.45) is 7.05 Å². The van der Waals surface area contributed by atoms with E-state index in [2.05, 4.69) is 15.3 Å². The van der Waals surface area contributed by atoms with Crippen LogP contribution in [0.15, 0.2) is 12.4 Å². The summed E-state index contributed by atoms with van der Waals surface area (Å²) in [4.78, 5) is 11.3. The zero-order valence-corrected chi connectivity index (χ0v) is 10.8. The summed E-state index contributed by atoms with van der Waals surface area (Å²) >= 11 is 0. The zero-order chi connectivity index (χ0) is 14.2. The van der Waals surface area contributed by atoms with Crippen molar-refractivity contribution in [3.8, 4) is 11.4 Å². The Bertz CT molecular complexity index is 601. The predicted octanol–water partition coefficient (Wildman–Crippen LogP) is -0.00648. The molecule has 2 rings (SSSR count). The molecule has 0 fully saturated rings. The number of aryl methyl sites for hydroxylation is 2. The third-order valence-electron chi connectivity index (χ3n) is 2.82. The van der Waals surface area contributed by atoms with E-state index in [-0.39, 0.29) is 0 Å². The molecule has 0 saturated heterocycles. The van der Waals surface area contributed by atoms with Crippen molar-refractivity contribution in [3.63, 3.8) is 0 Å². The quantitative estimate of drug-likeness (QED) is 0.805. The Balaban J connectivity index is 2.57. The van der Waals surface area contributed by atoms with E-state index in [1.54, 1.807) is 31.0 Å². The van der Waals surface area contributed by atoms with Crippen molar-refractivity contribution in [2.45, 2.75) is 26.0 Å². The van der Waals surface area contributed by atoms with Crippen molar-refractivity contribution in [2.75, 3.05) is 0 Å². The van der Waals surface area contributed by atoms with Gasteiger partial charge in [-0.1, -0.05) is 0 Å². The van der Waals surface area contributed by atoms with E-state index in [9.17, 15) is 15.0 Å². The number of carboxylic acid groups (broad SMARTS) is 1. The number of aromatic nitrogens is 5. The first kappa shape index (κ1) is 13.2. The molecule has 0 aliphatic carbocycles. The number of aliphatic hydroxyl groups excluding tert-OH is 1. The van der Waals surface area contributed by atoms with Gasteiger partial charge >= 0.3 is 5.97 Å². The smallest absolute Gasteiger partial charge is 0.329 e. The summed E-state index contributed by atoms with van der Waals surface area (Å²) in [5.41, 5.74) is 0.648. The molecule has 0 spiro atoms. The fourth-order valence-corrected chi connectivity index (χ4v) is 1.97. The summed E-state index contributed by atoms with van der Waals surface area (Å²) < 4.78 is 2.99. The molecule has 0 aromatic carbocycles. The van der Waals surface area contributed by atoms with Gasteiger partial charge in [-0.2, -0.15) is 5.10 Å². The summed E-state index contributed by atoms with van der Waals surface area (Å²) in [6.07, 6.45) is 2.21. The van der Waals surface area contributed by atoms with Gasteiger partial charge in [0.1, 0.15) is 5.82 Å². The van der Waals surface area contributed by atoms with Gasteiger partial charge < -0.3 is 10.2 Å². The molecule has 2 atom stereocenters. The lowest BCUT2D eigenvalue weighted by Gasteiger charge is -2.19. The molecule has 0 bridgehead atoms. The van der Waals surface area contributed by atoms with Crippen LogP contribution in [-0.2, 0) is 11.8 Å². The highest BCUT2D eigenvalue weighted by Crippen LogP contribution is 2.24. The Morgan fingerprint density at radius 3 is 2.58 bits per heavy atom. The maximum absolute atomic E-state index is 11.3. The Kier molecular flexibility index (Phi) is 3.34. The highest BCUT2D eigenvalue weighted by atomic mass is 16.4. The maximum atomic E-state index is 11.3.